The van der Waals surface area contributed by atoms with Crippen molar-refractivity contribution < 1.29 is 5.11 Å². The zero-order valence-corrected chi connectivity index (χ0v) is 16.0. The van der Waals surface area contributed by atoms with Crippen molar-refractivity contribution in [1.29, 1.82) is 0 Å². The summed E-state index contributed by atoms with van der Waals surface area (Å²) in [6, 6.07) is 6.09. The normalized spacial score (nSPS) is 18.7. The lowest BCUT2D eigenvalue weighted by atomic mass is 9.75. The second-order valence-corrected chi connectivity index (χ2v) is 8.34. The molecule has 2 aliphatic carbocycles. The molecular weight excluding hydrogens is 392 g/mol. The molecule has 5 rings (SSSR count). The van der Waals surface area contributed by atoms with Crippen LogP contribution in [-0.4, -0.2) is 19.5 Å². The first-order valence-electron chi connectivity index (χ1n) is 9.21. The average molecular weight is 413 g/mol. The molecule has 134 valence electrons. The number of fused-ring (bicyclic) bond motifs is 1. The fraction of sp³-hybridized carbons (Fsp3) is 0.400. The second-order valence-electron chi connectivity index (χ2n) is 7.53. The van der Waals surface area contributed by atoms with Crippen LogP contribution in [0.15, 0.2) is 41.4 Å². The van der Waals surface area contributed by atoms with E-state index in [9.17, 15) is 5.11 Å². The van der Waals surface area contributed by atoms with Crippen molar-refractivity contribution in [1.82, 2.24) is 14.4 Å². The highest BCUT2D eigenvalue weighted by molar-refractivity contribution is 9.10. The van der Waals surface area contributed by atoms with E-state index < -0.39 is 5.60 Å². The third-order valence-corrected chi connectivity index (χ3v) is 5.99. The third kappa shape index (κ3) is 2.91. The number of imidazole rings is 1. The molecule has 0 aromatic carbocycles. The molecule has 0 unspecified atom stereocenters. The topological polar surface area (TPSA) is 62.5 Å². The van der Waals surface area contributed by atoms with Gasteiger partial charge in [-0.3, -0.25) is 0 Å². The molecule has 26 heavy (non-hydrogen) atoms. The number of hydrogen-bond donors (Lipinski definition) is 2. The van der Waals surface area contributed by atoms with Gasteiger partial charge in [0.15, 0.2) is 0 Å². The molecule has 0 saturated heterocycles. The van der Waals surface area contributed by atoms with Gasteiger partial charge in [-0.1, -0.05) is 0 Å². The molecule has 3 aromatic heterocycles. The first-order chi connectivity index (χ1) is 12.6. The minimum Gasteiger partial charge on any atom is -0.385 e. The van der Waals surface area contributed by atoms with Gasteiger partial charge in [0.25, 0.3) is 0 Å². The molecule has 2 saturated carbocycles. The van der Waals surface area contributed by atoms with Gasteiger partial charge in [-0.15, -0.1) is 0 Å². The molecular formula is C20H21BrN4O. The number of pyridine rings is 2. The zero-order chi connectivity index (χ0) is 17.7. The van der Waals surface area contributed by atoms with Crippen molar-refractivity contribution in [2.45, 2.75) is 50.2 Å². The summed E-state index contributed by atoms with van der Waals surface area (Å²) in [4.78, 5) is 8.98. The predicted octanol–water partition coefficient (Wildman–Crippen LogP) is 4.35. The number of rotatable bonds is 5. The molecule has 0 amide bonds. The standard InChI is InChI=1S/C20H21BrN4O/c21-18-9-15(4-7-22-18)23-10-16-12-25-11-14(13-2-3-13)8-17(19(25)24-16)20(26)5-1-6-20/h4,7-9,11-13,26H,1-3,5-6,10H2,(H,22,23). The van der Waals surface area contributed by atoms with Crippen LogP contribution in [-0.2, 0) is 12.1 Å². The minimum absolute atomic E-state index is 0.634. The van der Waals surface area contributed by atoms with Crippen LogP contribution in [0.25, 0.3) is 5.65 Å². The summed E-state index contributed by atoms with van der Waals surface area (Å²) in [7, 11) is 0. The van der Waals surface area contributed by atoms with Crippen LogP contribution in [0.4, 0.5) is 5.69 Å². The summed E-state index contributed by atoms with van der Waals surface area (Å²) in [5.74, 6) is 0.653. The van der Waals surface area contributed by atoms with Crippen LogP contribution < -0.4 is 5.32 Å². The Morgan fingerprint density at radius 2 is 2.12 bits per heavy atom. The SMILES string of the molecule is OC1(c2cc(C3CC3)cn3cc(CNc4ccnc(Br)c4)nc23)CCC1. The minimum atomic E-state index is -0.696. The van der Waals surface area contributed by atoms with Gasteiger partial charge in [-0.2, -0.15) is 0 Å². The zero-order valence-electron chi connectivity index (χ0n) is 14.5. The summed E-state index contributed by atoms with van der Waals surface area (Å²) in [6.45, 7) is 0.634. The molecule has 0 atom stereocenters. The Morgan fingerprint density at radius 1 is 1.27 bits per heavy atom. The quantitative estimate of drug-likeness (QED) is 0.611. The summed E-state index contributed by atoms with van der Waals surface area (Å²) in [5.41, 5.74) is 4.51. The number of aliphatic hydroxyl groups is 1. The van der Waals surface area contributed by atoms with Gasteiger partial charge in [-0.05, 0) is 77.7 Å². The largest absolute Gasteiger partial charge is 0.385 e. The fourth-order valence-corrected chi connectivity index (χ4v) is 4.09. The maximum atomic E-state index is 11.0. The van der Waals surface area contributed by atoms with Crippen LogP contribution >= 0.6 is 15.9 Å². The second kappa shape index (κ2) is 6.06. The Morgan fingerprint density at radius 3 is 2.81 bits per heavy atom. The summed E-state index contributed by atoms with van der Waals surface area (Å²) in [6.07, 6.45) is 11.3. The first kappa shape index (κ1) is 16.3. The number of halogens is 1. The van der Waals surface area contributed by atoms with E-state index in [2.05, 4.69) is 49.1 Å². The highest BCUT2D eigenvalue weighted by Crippen LogP contribution is 2.46. The predicted molar refractivity (Wildman–Crippen MR) is 104 cm³/mol. The molecule has 3 heterocycles. The maximum absolute atomic E-state index is 11.0. The maximum Gasteiger partial charge on any atom is 0.143 e. The fourth-order valence-electron chi connectivity index (χ4n) is 3.72. The molecule has 5 nitrogen and oxygen atoms in total. The van der Waals surface area contributed by atoms with Crippen molar-refractivity contribution in [2.24, 2.45) is 0 Å². The lowest BCUT2D eigenvalue weighted by Crippen LogP contribution is -2.34. The van der Waals surface area contributed by atoms with E-state index in [1.807, 2.05) is 12.1 Å². The lowest BCUT2D eigenvalue weighted by molar-refractivity contribution is -0.0379. The number of anilines is 1. The molecule has 0 aliphatic heterocycles. The molecule has 3 aromatic rings. The Hall–Kier alpha value is -1.92. The van der Waals surface area contributed by atoms with Crippen molar-refractivity contribution >= 4 is 27.3 Å². The molecule has 2 fully saturated rings. The van der Waals surface area contributed by atoms with Gasteiger partial charge in [0.05, 0.1) is 17.8 Å². The van der Waals surface area contributed by atoms with Crippen LogP contribution in [0.1, 0.15) is 54.8 Å². The smallest absolute Gasteiger partial charge is 0.143 e. The van der Waals surface area contributed by atoms with E-state index >= 15 is 0 Å². The number of nitrogens with zero attached hydrogens (tertiary/aromatic N) is 3. The molecule has 6 heteroatoms. The van der Waals surface area contributed by atoms with Gasteiger partial charge in [-0.25, -0.2) is 9.97 Å². The van der Waals surface area contributed by atoms with Crippen molar-refractivity contribution in [3.8, 4) is 0 Å². The van der Waals surface area contributed by atoms with E-state index in [1.165, 1.54) is 18.4 Å². The Bertz CT molecular complexity index is 975. The summed E-state index contributed by atoms with van der Waals surface area (Å²) in [5, 5.41) is 14.4. The Labute approximate surface area is 160 Å². The third-order valence-electron chi connectivity index (χ3n) is 5.55. The number of aromatic nitrogens is 3. The molecule has 0 radical (unpaired) electrons. The summed E-state index contributed by atoms with van der Waals surface area (Å²) >= 11 is 3.39. The van der Waals surface area contributed by atoms with E-state index in [1.54, 1.807) is 6.20 Å². The highest BCUT2D eigenvalue weighted by atomic mass is 79.9. The first-order valence-corrected chi connectivity index (χ1v) is 10.00. The number of nitrogens with one attached hydrogen (secondary N) is 1. The van der Waals surface area contributed by atoms with Gasteiger partial charge >= 0.3 is 0 Å². The lowest BCUT2D eigenvalue weighted by Gasteiger charge is -2.37. The highest BCUT2D eigenvalue weighted by Gasteiger charge is 2.39. The number of hydrogen-bond acceptors (Lipinski definition) is 4. The van der Waals surface area contributed by atoms with E-state index in [0.29, 0.717) is 12.5 Å². The Kier molecular flexibility index (Phi) is 3.79. The van der Waals surface area contributed by atoms with Gasteiger partial charge in [0.1, 0.15) is 10.3 Å². The monoisotopic (exact) mass is 412 g/mol. The molecule has 0 spiro atoms. The van der Waals surface area contributed by atoms with E-state index in [4.69, 9.17) is 4.98 Å². The Balaban J connectivity index is 1.48. The van der Waals surface area contributed by atoms with Crippen LogP contribution in [0.5, 0.6) is 0 Å². The van der Waals surface area contributed by atoms with Crippen molar-refractivity contribution in [2.75, 3.05) is 5.32 Å². The van der Waals surface area contributed by atoms with E-state index in [0.717, 1.165) is 46.5 Å². The van der Waals surface area contributed by atoms with Crippen molar-refractivity contribution in [3.63, 3.8) is 0 Å². The van der Waals surface area contributed by atoms with Gasteiger partial charge < -0.3 is 14.8 Å². The molecule has 2 N–H and O–H groups in total. The van der Waals surface area contributed by atoms with Gasteiger partial charge in [0, 0.05) is 29.8 Å². The van der Waals surface area contributed by atoms with Crippen LogP contribution in [0, 0.1) is 0 Å². The average Bonchev–Trinajstić information content (AvgIpc) is 3.37. The van der Waals surface area contributed by atoms with Crippen molar-refractivity contribution in [3.05, 3.63) is 58.2 Å². The van der Waals surface area contributed by atoms with Crippen LogP contribution in [0.2, 0.25) is 0 Å². The van der Waals surface area contributed by atoms with E-state index in [-0.39, 0.29) is 0 Å². The summed E-state index contributed by atoms with van der Waals surface area (Å²) < 4.78 is 2.92. The molecule has 2 aliphatic rings. The van der Waals surface area contributed by atoms with Crippen LogP contribution in [0.3, 0.4) is 0 Å². The van der Waals surface area contributed by atoms with Gasteiger partial charge in [0.2, 0.25) is 0 Å². The molecule has 0 bridgehead atoms.